The van der Waals surface area contributed by atoms with Crippen molar-refractivity contribution < 1.29 is 53.4 Å². The largest absolute Gasteiger partial charge is 0.497 e. The van der Waals surface area contributed by atoms with E-state index < -0.39 is 72.3 Å². The summed E-state index contributed by atoms with van der Waals surface area (Å²) in [5, 5.41) is 35.4. The standard InChI is InChI=1S/C44H43N5O12/c1-57-30-16-12-28(13-17-30)44(27-9-5-4-6-10-27,29-14-18-31(58-2)19-15-29)60-24-34-43(56,33(41(54)55)22-37(51)52)23-36(61-34)49-25-45-38-39(49)47-42(48-40(38)53)46-35(50)21-26-8-7-11-32(20-26)59-3/h4-20,25,33-34,36,56H,21-24H2,1-3H3,(H,51,52)(H,54,55)(H2,46,47,48,50,53)/t33?,34-,36-,43-/m1/s1. The molecule has 61 heavy (non-hydrogen) atoms. The molecule has 4 aromatic carbocycles. The number of imidazole rings is 1. The molecular formula is C44H43N5O12. The lowest BCUT2D eigenvalue weighted by Crippen LogP contribution is -2.52. The number of aromatic amines is 1. The van der Waals surface area contributed by atoms with E-state index >= 15 is 0 Å². The van der Waals surface area contributed by atoms with Crippen molar-refractivity contribution >= 4 is 35.0 Å². The van der Waals surface area contributed by atoms with E-state index in [1.54, 1.807) is 62.8 Å². The average Bonchev–Trinajstić information content (AvgIpc) is 3.85. The minimum absolute atomic E-state index is 0.0606. The summed E-state index contributed by atoms with van der Waals surface area (Å²) in [4.78, 5) is 62.5. The maximum Gasteiger partial charge on any atom is 0.310 e. The van der Waals surface area contributed by atoms with Gasteiger partial charge < -0.3 is 39.0 Å². The van der Waals surface area contributed by atoms with E-state index in [4.69, 9.17) is 23.7 Å². The Balaban J connectivity index is 1.28. The lowest BCUT2D eigenvalue weighted by atomic mass is 9.78. The third-order valence-corrected chi connectivity index (χ3v) is 10.8. The summed E-state index contributed by atoms with van der Waals surface area (Å²) >= 11 is 0. The molecule has 6 aromatic rings. The Labute approximate surface area is 348 Å². The minimum Gasteiger partial charge on any atom is -0.497 e. The predicted molar refractivity (Wildman–Crippen MR) is 219 cm³/mol. The molecule has 1 saturated heterocycles. The van der Waals surface area contributed by atoms with E-state index in [1.165, 1.54) is 18.0 Å². The van der Waals surface area contributed by atoms with Gasteiger partial charge in [-0.3, -0.25) is 34.0 Å². The highest BCUT2D eigenvalue weighted by Gasteiger charge is 2.57. The molecule has 1 aliphatic heterocycles. The first-order valence-electron chi connectivity index (χ1n) is 19.1. The summed E-state index contributed by atoms with van der Waals surface area (Å²) < 4.78 is 30.9. The smallest absolute Gasteiger partial charge is 0.310 e. The normalized spacial score (nSPS) is 18.0. The van der Waals surface area contributed by atoms with Crippen LogP contribution in [0.15, 0.2) is 114 Å². The first kappa shape index (κ1) is 42.1. The lowest BCUT2D eigenvalue weighted by molar-refractivity contribution is -0.171. The number of fused-ring (bicyclic) bond motifs is 1. The molecule has 0 radical (unpaired) electrons. The number of methoxy groups -OCH3 is 3. The molecule has 1 fully saturated rings. The number of aliphatic carboxylic acids is 2. The van der Waals surface area contributed by atoms with Crippen molar-refractivity contribution in [3.63, 3.8) is 0 Å². The molecular weight excluding hydrogens is 791 g/mol. The Hall–Kier alpha value is -7.08. The molecule has 316 valence electrons. The summed E-state index contributed by atoms with van der Waals surface area (Å²) in [5.41, 5.74) is -2.13. The number of benzene rings is 4. The Bertz CT molecular complexity index is 2530. The number of aromatic nitrogens is 4. The Morgan fingerprint density at radius 1 is 0.885 bits per heavy atom. The summed E-state index contributed by atoms with van der Waals surface area (Å²) in [7, 11) is 4.59. The number of aliphatic hydroxyl groups is 1. The van der Waals surface area contributed by atoms with Gasteiger partial charge in [0.15, 0.2) is 11.2 Å². The van der Waals surface area contributed by atoms with Crippen molar-refractivity contribution in [2.24, 2.45) is 5.92 Å². The molecule has 3 heterocycles. The summed E-state index contributed by atoms with van der Waals surface area (Å²) in [6.07, 6.45) is -3.01. The Kier molecular flexibility index (Phi) is 12.2. The molecule has 4 atom stereocenters. The lowest BCUT2D eigenvalue weighted by Gasteiger charge is -2.39. The van der Waals surface area contributed by atoms with E-state index in [2.05, 4.69) is 20.3 Å². The summed E-state index contributed by atoms with van der Waals surface area (Å²) in [5.74, 6) is -3.92. The van der Waals surface area contributed by atoms with Crippen LogP contribution in [0.5, 0.6) is 17.2 Å². The second kappa shape index (κ2) is 17.6. The molecule has 0 spiro atoms. The maximum absolute atomic E-state index is 13.3. The zero-order valence-corrected chi connectivity index (χ0v) is 33.3. The number of carbonyl (C=O) groups excluding carboxylic acids is 1. The van der Waals surface area contributed by atoms with Gasteiger partial charge in [0.2, 0.25) is 11.9 Å². The second-order valence-electron chi connectivity index (χ2n) is 14.4. The van der Waals surface area contributed by atoms with E-state index in [1.807, 2.05) is 54.6 Å². The predicted octanol–water partition coefficient (Wildman–Crippen LogP) is 4.53. The molecule has 1 unspecified atom stereocenters. The fourth-order valence-corrected chi connectivity index (χ4v) is 7.75. The maximum atomic E-state index is 13.3. The summed E-state index contributed by atoms with van der Waals surface area (Å²) in [6.45, 7) is -0.477. The molecule has 17 nitrogen and oxygen atoms in total. The van der Waals surface area contributed by atoms with Gasteiger partial charge in [-0.25, -0.2) is 4.98 Å². The van der Waals surface area contributed by atoms with Gasteiger partial charge in [-0.2, -0.15) is 4.98 Å². The number of hydrogen-bond acceptors (Lipinski definition) is 12. The topological polar surface area (TPSA) is 234 Å². The van der Waals surface area contributed by atoms with Crippen LogP contribution in [0.1, 0.15) is 41.3 Å². The Morgan fingerprint density at radius 3 is 2.10 bits per heavy atom. The minimum atomic E-state index is -2.37. The monoisotopic (exact) mass is 833 g/mol. The van der Waals surface area contributed by atoms with Gasteiger partial charge >= 0.3 is 11.9 Å². The molecule has 0 saturated carbocycles. The number of carboxylic acids is 2. The van der Waals surface area contributed by atoms with Crippen LogP contribution in [0.3, 0.4) is 0 Å². The highest BCUT2D eigenvalue weighted by Crippen LogP contribution is 2.47. The van der Waals surface area contributed by atoms with E-state index in [9.17, 15) is 34.5 Å². The van der Waals surface area contributed by atoms with Crippen LogP contribution in [0, 0.1) is 5.92 Å². The van der Waals surface area contributed by atoms with Crippen molar-refractivity contribution in [3.8, 4) is 17.2 Å². The third kappa shape index (κ3) is 8.52. The number of nitrogens with one attached hydrogen (secondary N) is 2. The molecule has 0 bridgehead atoms. The van der Waals surface area contributed by atoms with Crippen LogP contribution in [0.2, 0.25) is 0 Å². The van der Waals surface area contributed by atoms with Crippen molar-refractivity contribution in [2.75, 3.05) is 33.3 Å². The zero-order valence-electron chi connectivity index (χ0n) is 33.3. The van der Waals surface area contributed by atoms with Gasteiger partial charge in [-0.05, 0) is 58.7 Å². The fourth-order valence-electron chi connectivity index (χ4n) is 7.75. The number of hydrogen-bond donors (Lipinski definition) is 5. The first-order valence-corrected chi connectivity index (χ1v) is 19.1. The second-order valence-corrected chi connectivity index (χ2v) is 14.4. The van der Waals surface area contributed by atoms with Crippen LogP contribution >= 0.6 is 0 Å². The first-order chi connectivity index (χ1) is 29.4. The van der Waals surface area contributed by atoms with Crippen LogP contribution < -0.4 is 25.1 Å². The third-order valence-electron chi connectivity index (χ3n) is 10.8. The molecule has 5 N–H and O–H groups in total. The molecule has 1 aliphatic rings. The van der Waals surface area contributed by atoms with Gasteiger partial charge in [0.1, 0.15) is 40.8 Å². The number of carbonyl (C=O) groups is 3. The number of amides is 1. The van der Waals surface area contributed by atoms with Gasteiger partial charge in [0.05, 0.1) is 53.0 Å². The SMILES string of the molecule is COc1ccc(C(OC[C@H]2O[C@@H](n3cnc4c(=O)[nH]c(NC(=O)Cc5cccc(OC)c5)nc43)C[C@@]2(O)C(CC(=O)O)C(=O)O)(c2ccccc2)c2ccc(OC)cc2)cc1. The number of nitrogens with zero attached hydrogens (tertiary/aromatic N) is 3. The van der Waals surface area contributed by atoms with Crippen molar-refractivity contribution in [3.05, 3.63) is 142 Å². The van der Waals surface area contributed by atoms with Crippen molar-refractivity contribution in [1.82, 2.24) is 19.5 Å². The highest BCUT2D eigenvalue weighted by molar-refractivity contribution is 5.91. The Morgan fingerprint density at radius 2 is 1.51 bits per heavy atom. The number of rotatable bonds is 17. The number of H-pyrrole nitrogens is 1. The zero-order chi connectivity index (χ0) is 43.3. The average molecular weight is 834 g/mol. The molecule has 17 heteroatoms. The van der Waals surface area contributed by atoms with E-state index in [0.29, 0.717) is 39.5 Å². The van der Waals surface area contributed by atoms with Crippen molar-refractivity contribution in [1.29, 1.82) is 0 Å². The van der Waals surface area contributed by atoms with Crippen LogP contribution in [0.25, 0.3) is 11.2 Å². The number of ether oxygens (including phenoxy) is 5. The van der Waals surface area contributed by atoms with Gasteiger partial charge in [-0.15, -0.1) is 0 Å². The van der Waals surface area contributed by atoms with Crippen LogP contribution in [-0.2, 0) is 35.9 Å². The number of anilines is 1. The fraction of sp³-hybridized carbons (Fsp3) is 0.273. The number of carboxylic acid groups (broad SMARTS) is 2. The van der Waals surface area contributed by atoms with Gasteiger partial charge in [0.25, 0.3) is 5.56 Å². The molecule has 0 aliphatic carbocycles. The van der Waals surface area contributed by atoms with E-state index in [0.717, 1.165) is 0 Å². The van der Waals surface area contributed by atoms with Crippen LogP contribution in [-0.4, -0.2) is 92.3 Å². The highest BCUT2D eigenvalue weighted by atomic mass is 16.6. The molecule has 7 rings (SSSR count). The van der Waals surface area contributed by atoms with Gasteiger partial charge in [0, 0.05) is 6.42 Å². The van der Waals surface area contributed by atoms with E-state index in [-0.39, 0.29) is 23.5 Å². The van der Waals surface area contributed by atoms with Gasteiger partial charge in [-0.1, -0.05) is 66.7 Å². The molecule has 1 amide bonds. The molecule has 2 aromatic heterocycles. The quantitative estimate of drug-likeness (QED) is 0.0795. The summed E-state index contributed by atoms with van der Waals surface area (Å²) in [6, 6.07) is 30.5. The van der Waals surface area contributed by atoms with Crippen molar-refractivity contribution in [2.45, 2.75) is 42.8 Å². The van der Waals surface area contributed by atoms with Crippen LogP contribution in [0.4, 0.5) is 5.95 Å².